The molecule has 0 spiro atoms. The first kappa shape index (κ1) is 18.7. The third-order valence-corrected chi connectivity index (χ3v) is 5.42. The van der Waals surface area contributed by atoms with Crippen LogP contribution in [0.4, 0.5) is 4.79 Å². The Morgan fingerprint density at radius 3 is 2.58 bits per heavy atom. The molecule has 1 aliphatic rings. The molecule has 26 heavy (non-hydrogen) atoms. The van der Waals surface area contributed by atoms with Crippen molar-refractivity contribution in [1.29, 1.82) is 0 Å². The summed E-state index contributed by atoms with van der Waals surface area (Å²) in [4.78, 5) is 26.1. The first-order chi connectivity index (χ1) is 12.3. The lowest BCUT2D eigenvalue weighted by Gasteiger charge is -2.32. The lowest BCUT2D eigenvalue weighted by atomic mass is 9.97. The zero-order chi connectivity index (χ0) is 18.7. The molecule has 0 atom stereocenters. The van der Waals surface area contributed by atoms with E-state index in [0.29, 0.717) is 32.5 Å². The van der Waals surface area contributed by atoms with Gasteiger partial charge in [-0.3, -0.25) is 4.79 Å². The molecule has 3 rings (SSSR count). The third-order valence-electron chi connectivity index (χ3n) is 4.41. The van der Waals surface area contributed by atoms with Crippen molar-refractivity contribution in [2.24, 2.45) is 5.92 Å². The average Bonchev–Trinajstić information content (AvgIpc) is 3.01. The number of carbonyl (C=O) groups is 2. The second-order valence-electron chi connectivity index (χ2n) is 7.61. The van der Waals surface area contributed by atoms with Crippen LogP contribution in [0.2, 0.25) is 0 Å². The van der Waals surface area contributed by atoms with E-state index in [2.05, 4.69) is 6.07 Å². The van der Waals surface area contributed by atoms with Crippen LogP contribution >= 0.6 is 11.3 Å². The molecule has 0 unspecified atom stereocenters. The van der Waals surface area contributed by atoms with E-state index in [4.69, 9.17) is 9.47 Å². The number of thiophene rings is 1. The molecule has 2 aromatic rings. The maximum atomic E-state index is 12.4. The zero-order valence-corrected chi connectivity index (χ0v) is 16.3. The Kier molecular flexibility index (Phi) is 5.51. The monoisotopic (exact) mass is 375 g/mol. The molecule has 1 saturated heterocycles. The average molecular weight is 375 g/mol. The molecular formula is C20H25NO4S. The number of piperidine rings is 1. The molecule has 1 aromatic carbocycles. The van der Waals surface area contributed by atoms with E-state index in [1.807, 2.05) is 44.4 Å². The minimum Gasteiger partial charge on any atom is -0.461 e. The van der Waals surface area contributed by atoms with Crippen molar-refractivity contribution >= 4 is 33.5 Å². The largest absolute Gasteiger partial charge is 0.461 e. The highest BCUT2D eigenvalue weighted by Gasteiger charge is 2.30. The van der Waals surface area contributed by atoms with Gasteiger partial charge < -0.3 is 14.4 Å². The van der Waals surface area contributed by atoms with Crippen molar-refractivity contribution in [3.63, 3.8) is 0 Å². The Hall–Kier alpha value is -2.08. The summed E-state index contributed by atoms with van der Waals surface area (Å²) in [6.45, 7) is 6.90. The number of likely N-dealkylation sites (tertiary alicyclic amines) is 1. The van der Waals surface area contributed by atoms with Crippen molar-refractivity contribution in [3.8, 4) is 0 Å². The molecule has 0 bridgehead atoms. The number of nitrogens with zero attached hydrogens (tertiary/aromatic N) is 1. The topological polar surface area (TPSA) is 55.8 Å². The maximum absolute atomic E-state index is 12.4. The fourth-order valence-electron chi connectivity index (χ4n) is 3.04. The van der Waals surface area contributed by atoms with Crippen LogP contribution in [0.15, 0.2) is 29.6 Å². The van der Waals surface area contributed by atoms with Crippen molar-refractivity contribution in [1.82, 2.24) is 4.90 Å². The Bertz CT molecular complexity index is 784. The molecule has 140 valence electrons. The van der Waals surface area contributed by atoms with Crippen LogP contribution in [0.5, 0.6) is 0 Å². The number of hydrogen-bond donors (Lipinski definition) is 0. The Balaban J connectivity index is 1.49. The molecule has 1 amide bonds. The molecule has 0 saturated carbocycles. The van der Waals surface area contributed by atoms with Gasteiger partial charge in [0.25, 0.3) is 0 Å². The van der Waals surface area contributed by atoms with E-state index in [1.165, 1.54) is 4.70 Å². The van der Waals surface area contributed by atoms with Crippen LogP contribution in [0.25, 0.3) is 10.1 Å². The first-order valence-electron chi connectivity index (χ1n) is 8.93. The molecule has 1 fully saturated rings. The molecule has 0 N–H and O–H groups in total. The van der Waals surface area contributed by atoms with E-state index in [-0.39, 0.29) is 18.0 Å². The zero-order valence-electron chi connectivity index (χ0n) is 15.5. The minimum atomic E-state index is -0.504. The Morgan fingerprint density at radius 2 is 1.88 bits per heavy atom. The first-order valence-corrected chi connectivity index (χ1v) is 9.81. The number of fused-ring (bicyclic) bond motifs is 1. The molecule has 2 heterocycles. The summed E-state index contributed by atoms with van der Waals surface area (Å²) in [7, 11) is 0. The van der Waals surface area contributed by atoms with Gasteiger partial charge in [0.1, 0.15) is 12.2 Å². The van der Waals surface area contributed by atoms with Gasteiger partial charge >= 0.3 is 12.1 Å². The number of amides is 1. The van der Waals surface area contributed by atoms with Gasteiger partial charge in [-0.2, -0.15) is 0 Å². The predicted octanol–water partition coefficient (Wildman–Crippen LogP) is 4.59. The van der Waals surface area contributed by atoms with Crippen LogP contribution in [0.1, 0.15) is 39.2 Å². The van der Waals surface area contributed by atoms with Gasteiger partial charge in [0.15, 0.2) is 0 Å². The highest BCUT2D eigenvalue weighted by Crippen LogP contribution is 2.27. The lowest BCUT2D eigenvalue weighted by Crippen LogP contribution is -2.43. The number of esters is 1. The van der Waals surface area contributed by atoms with Gasteiger partial charge in [-0.05, 0) is 50.4 Å². The van der Waals surface area contributed by atoms with Crippen LogP contribution in [-0.2, 0) is 20.9 Å². The second kappa shape index (κ2) is 7.66. The van der Waals surface area contributed by atoms with Crippen LogP contribution < -0.4 is 0 Å². The second-order valence-corrected chi connectivity index (χ2v) is 8.52. The van der Waals surface area contributed by atoms with Gasteiger partial charge in [-0.1, -0.05) is 18.2 Å². The Morgan fingerprint density at radius 1 is 1.19 bits per heavy atom. The van der Waals surface area contributed by atoms with Crippen molar-refractivity contribution in [2.75, 3.05) is 13.1 Å². The normalized spacial score (nSPS) is 15.9. The molecule has 5 nitrogen and oxygen atoms in total. The standard InChI is InChI=1S/C20H25NO4S/c1-20(2,3)25-19(23)21-10-8-14(9-11-21)18(22)24-12-15-13-26-17-7-5-4-6-16(15)17/h4-7,13-14H,8-12H2,1-3H3. The van der Waals surface area contributed by atoms with E-state index in [1.54, 1.807) is 16.2 Å². The van der Waals surface area contributed by atoms with Gasteiger partial charge in [-0.15, -0.1) is 11.3 Å². The minimum absolute atomic E-state index is 0.154. The molecule has 6 heteroatoms. The number of rotatable bonds is 3. The molecular weight excluding hydrogens is 350 g/mol. The van der Waals surface area contributed by atoms with E-state index >= 15 is 0 Å². The highest BCUT2D eigenvalue weighted by atomic mass is 32.1. The van der Waals surface area contributed by atoms with Gasteiger partial charge in [0.2, 0.25) is 0 Å². The maximum Gasteiger partial charge on any atom is 0.410 e. The smallest absolute Gasteiger partial charge is 0.410 e. The predicted molar refractivity (Wildman–Crippen MR) is 102 cm³/mol. The quantitative estimate of drug-likeness (QED) is 0.736. The van der Waals surface area contributed by atoms with Gasteiger partial charge in [0, 0.05) is 23.4 Å². The molecule has 0 aliphatic carbocycles. The van der Waals surface area contributed by atoms with Crippen molar-refractivity contribution in [3.05, 3.63) is 35.2 Å². The molecule has 1 aliphatic heterocycles. The van der Waals surface area contributed by atoms with E-state index in [9.17, 15) is 9.59 Å². The number of carbonyl (C=O) groups excluding carboxylic acids is 2. The SMILES string of the molecule is CC(C)(C)OC(=O)N1CCC(C(=O)OCc2csc3ccccc23)CC1. The lowest BCUT2D eigenvalue weighted by molar-refractivity contribution is -0.151. The summed E-state index contributed by atoms with van der Waals surface area (Å²) < 4.78 is 12.1. The fourth-order valence-corrected chi connectivity index (χ4v) is 3.98. The summed E-state index contributed by atoms with van der Waals surface area (Å²) in [5.41, 5.74) is 0.543. The third kappa shape index (κ3) is 4.55. The van der Waals surface area contributed by atoms with E-state index in [0.717, 1.165) is 10.9 Å². The van der Waals surface area contributed by atoms with Gasteiger partial charge in [-0.25, -0.2) is 4.79 Å². The summed E-state index contributed by atoms with van der Waals surface area (Å²) in [6, 6.07) is 8.12. The number of ether oxygens (including phenoxy) is 2. The van der Waals surface area contributed by atoms with E-state index < -0.39 is 5.60 Å². The highest BCUT2D eigenvalue weighted by molar-refractivity contribution is 7.17. The van der Waals surface area contributed by atoms with Crippen LogP contribution in [-0.4, -0.2) is 35.7 Å². The fraction of sp³-hybridized carbons (Fsp3) is 0.500. The van der Waals surface area contributed by atoms with Crippen LogP contribution in [0, 0.1) is 5.92 Å². The van der Waals surface area contributed by atoms with Gasteiger partial charge in [0.05, 0.1) is 5.92 Å². The van der Waals surface area contributed by atoms with Crippen LogP contribution in [0.3, 0.4) is 0 Å². The summed E-state index contributed by atoms with van der Waals surface area (Å²) in [5, 5.41) is 3.19. The summed E-state index contributed by atoms with van der Waals surface area (Å²) in [6.07, 6.45) is 0.916. The number of benzene rings is 1. The number of hydrogen-bond acceptors (Lipinski definition) is 5. The summed E-state index contributed by atoms with van der Waals surface area (Å²) >= 11 is 1.66. The Labute approximate surface area is 157 Å². The summed E-state index contributed by atoms with van der Waals surface area (Å²) in [5.74, 6) is -0.331. The molecule has 0 radical (unpaired) electrons. The van der Waals surface area contributed by atoms with Crippen molar-refractivity contribution < 1.29 is 19.1 Å². The molecule has 1 aromatic heterocycles. The van der Waals surface area contributed by atoms with Crippen molar-refractivity contribution in [2.45, 2.75) is 45.8 Å².